The van der Waals surface area contributed by atoms with E-state index < -0.39 is 0 Å². The van der Waals surface area contributed by atoms with Crippen LogP contribution in [0.4, 0.5) is 11.6 Å². The van der Waals surface area contributed by atoms with Gasteiger partial charge in [0.05, 0.1) is 6.54 Å². The van der Waals surface area contributed by atoms with Gasteiger partial charge in [-0.25, -0.2) is 9.97 Å². The van der Waals surface area contributed by atoms with E-state index in [1.165, 1.54) is 0 Å². The second-order valence-electron chi connectivity index (χ2n) is 7.63. The molecule has 2 heterocycles. The lowest BCUT2D eigenvalue weighted by Crippen LogP contribution is -3.14. The van der Waals surface area contributed by atoms with Gasteiger partial charge in [0, 0.05) is 44.3 Å². The van der Waals surface area contributed by atoms with Crippen LogP contribution in [0.1, 0.15) is 18.9 Å². The summed E-state index contributed by atoms with van der Waals surface area (Å²) in [4.78, 5) is 38.9. The summed E-state index contributed by atoms with van der Waals surface area (Å²) < 4.78 is 0. The van der Waals surface area contributed by atoms with Crippen LogP contribution in [0, 0.1) is 6.92 Å². The smallest absolute Gasteiger partial charge is 0.279 e. The fourth-order valence-electron chi connectivity index (χ4n) is 3.66. The average Bonchev–Trinajstić information content (AvgIpc) is 2.76. The van der Waals surface area contributed by atoms with Crippen molar-refractivity contribution in [1.29, 1.82) is 0 Å². The van der Waals surface area contributed by atoms with Gasteiger partial charge in [-0.05, 0) is 31.0 Å². The molecule has 2 aromatic rings. The molecule has 1 fully saturated rings. The molecule has 1 unspecified atom stereocenters. The van der Waals surface area contributed by atoms with E-state index in [1.54, 1.807) is 18.5 Å². The summed E-state index contributed by atoms with van der Waals surface area (Å²) in [7, 11) is 0. The number of amides is 2. The van der Waals surface area contributed by atoms with Gasteiger partial charge in [0.1, 0.15) is 0 Å². The van der Waals surface area contributed by atoms with Gasteiger partial charge < -0.3 is 20.0 Å². The van der Waals surface area contributed by atoms with Gasteiger partial charge in [0.2, 0.25) is 5.95 Å². The van der Waals surface area contributed by atoms with E-state index in [-0.39, 0.29) is 18.4 Å². The molecule has 8 heteroatoms. The molecule has 0 saturated carbocycles. The van der Waals surface area contributed by atoms with E-state index in [0.29, 0.717) is 38.7 Å². The Bertz CT molecular complexity index is 837. The predicted molar refractivity (Wildman–Crippen MR) is 116 cm³/mol. The SMILES string of the molecule is CCC[NH+](CC(=O)Nc1ccccc1C)CC(=O)N1CCN(c2ncccn2)CC1. The Hall–Kier alpha value is -3.00. The second kappa shape index (κ2) is 10.7. The molecule has 0 aliphatic carbocycles. The maximum Gasteiger partial charge on any atom is 0.279 e. The van der Waals surface area contributed by atoms with Crippen molar-refractivity contribution in [2.24, 2.45) is 0 Å². The quantitative estimate of drug-likeness (QED) is 0.656. The standard InChI is InChI=1S/C22H30N6O2/c1-3-11-26(16-20(29)25-19-8-5-4-7-18(19)2)17-21(30)27-12-14-28(15-13-27)22-23-9-6-10-24-22/h4-10H,3,11-17H2,1-2H3,(H,25,29)/p+1. The van der Waals surface area contributed by atoms with E-state index in [2.05, 4.69) is 27.1 Å². The lowest BCUT2D eigenvalue weighted by Gasteiger charge is -2.35. The highest BCUT2D eigenvalue weighted by Crippen LogP contribution is 2.12. The summed E-state index contributed by atoms with van der Waals surface area (Å²) in [5.74, 6) is 0.734. The molecular formula is C22H31N6O2+. The Kier molecular flexibility index (Phi) is 7.73. The molecule has 2 amide bonds. The largest absolute Gasteiger partial charge is 0.337 e. The van der Waals surface area contributed by atoms with Crippen molar-refractivity contribution >= 4 is 23.5 Å². The van der Waals surface area contributed by atoms with Crippen molar-refractivity contribution in [3.05, 3.63) is 48.3 Å². The minimum absolute atomic E-state index is 0.0633. The molecule has 3 rings (SSSR count). The number of anilines is 2. The zero-order chi connectivity index (χ0) is 21.3. The first-order valence-electron chi connectivity index (χ1n) is 10.6. The maximum atomic E-state index is 12.8. The highest BCUT2D eigenvalue weighted by atomic mass is 16.2. The Balaban J connectivity index is 1.50. The minimum Gasteiger partial charge on any atom is -0.337 e. The maximum absolute atomic E-state index is 12.8. The van der Waals surface area contributed by atoms with Crippen LogP contribution in [0.2, 0.25) is 0 Å². The normalized spacial score (nSPS) is 15.0. The number of nitrogens with zero attached hydrogens (tertiary/aromatic N) is 4. The Labute approximate surface area is 177 Å². The Morgan fingerprint density at radius 1 is 1.03 bits per heavy atom. The lowest BCUT2D eigenvalue weighted by atomic mass is 10.2. The van der Waals surface area contributed by atoms with Crippen LogP contribution in [-0.4, -0.2) is 72.5 Å². The lowest BCUT2D eigenvalue weighted by molar-refractivity contribution is -0.884. The minimum atomic E-state index is -0.0633. The summed E-state index contributed by atoms with van der Waals surface area (Å²) in [5, 5.41) is 2.97. The second-order valence-corrected chi connectivity index (χ2v) is 7.63. The summed E-state index contributed by atoms with van der Waals surface area (Å²) in [6, 6.07) is 9.51. The molecule has 1 aromatic carbocycles. The van der Waals surface area contributed by atoms with Crippen molar-refractivity contribution in [3.63, 3.8) is 0 Å². The Morgan fingerprint density at radius 2 is 1.73 bits per heavy atom. The van der Waals surface area contributed by atoms with Crippen molar-refractivity contribution in [3.8, 4) is 0 Å². The van der Waals surface area contributed by atoms with Crippen LogP contribution in [0.15, 0.2) is 42.7 Å². The topological polar surface area (TPSA) is 82.9 Å². The molecular weight excluding hydrogens is 380 g/mol. The molecule has 0 bridgehead atoms. The van der Waals surface area contributed by atoms with E-state index in [1.807, 2.05) is 36.1 Å². The average molecular weight is 412 g/mol. The van der Waals surface area contributed by atoms with Crippen LogP contribution in [0.25, 0.3) is 0 Å². The molecule has 8 nitrogen and oxygen atoms in total. The van der Waals surface area contributed by atoms with Crippen molar-refractivity contribution in [2.75, 3.05) is 56.0 Å². The number of piperazine rings is 1. The van der Waals surface area contributed by atoms with E-state index in [9.17, 15) is 9.59 Å². The molecule has 1 aliphatic rings. The van der Waals surface area contributed by atoms with Gasteiger partial charge >= 0.3 is 0 Å². The zero-order valence-electron chi connectivity index (χ0n) is 17.8. The highest BCUT2D eigenvalue weighted by molar-refractivity contribution is 5.92. The van der Waals surface area contributed by atoms with Crippen LogP contribution in [-0.2, 0) is 9.59 Å². The number of benzene rings is 1. The van der Waals surface area contributed by atoms with Gasteiger partial charge in [-0.1, -0.05) is 25.1 Å². The third-order valence-electron chi connectivity index (χ3n) is 5.30. The fraction of sp³-hybridized carbons (Fsp3) is 0.455. The predicted octanol–water partition coefficient (Wildman–Crippen LogP) is 0.367. The third kappa shape index (κ3) is 6.00. The van der Waals surface area contributed by atoms with Crippen molar-refractivity contribution in [1.82, 2.24) is 14.9 Å². The highest BCUT2D eigenvalue weighted by Gasteiger charge is 2.26. The number of para-hydroxylation sites is 1. The molecule has 0 spiro atoms. The van der Waals surface area contributed by atoms with E-state index in [4.69, 9.17) is 0 Å². The third-order valence-corrected chi connectivity index (χ3v) is 5.30. The van der Waals surface area contributed by atoms with Crippen molar-refractivity contribution in [2.45, 2.75) is 20.3 Å². The van der Waals surface area contributed by atoms with Crippen molar-refractivity contribution < 1.29 is 14.5 Å². The molecule has 1 atom stereocenters. The number of aryl methyl sites for hydroxylation is 1. The number of quaternary nitrogens is 1. The van der Waals surface area contributed by atoms with Gasteiger partial charge in [0.25, 0.3) is 11.8 Å². The monoisotopic (exact) mass is 411 g/mol. The number of carbonyl (C=O) groups is 2. The number of aromatic nitrogens is 2. The van der Waals surface area contributed by atoms with Gasteiger partial charge in [0.15, 0.2) is 13.1 Å². The number of carbonyl (C=O) groups excluding carboxylic acids is 2. The van der Waals surface area contributed by atoms with Gasteiger partial charge in [-0.2, -0.15) is 0 Å². The molecule has 1 aromatic heterocycles. The summed E-state index contributed by atoms with van der Waals surface area (Å²) in [6.45, 7) is 8.16. The molecule has 1 aliphatic heterocycles. The first-order chi connectivity index (χ1) is 14.6. The first kappa shape index (κ1) is 21.7. The molecule has 2 N–H and O–H groups in total. The van der Waals surface area contributed by atoms with Gasteiger partial charge in [-0.15, -0.1) is 0 Å². The van der Waals surface area contributed by atoms with Crippen LogP contribution in [0.3, 0.4) is 0 Å². The molecule has 160 valence electrons. The fourth-order valence-corrected chi connectivity index (χ4v) is 3.66. The number of rotatable bonds is 8. The number of nitrogens with one attached hydrogen (secondary N) is 2. The zero-order valence-corrected chi connectivity index (χ0v) is 17.8. The summed E-state index contributed by atoms with van der Waals surface area (Å²) >= 11 is 0. The Morgan fingerprint density at radius 3 is 2.40 bits per heavy atom. The molecule has 1 saturated heterocycles. The van der Waals surface area contributed by atoms with E-state index >= 15 is 0 Å². The first-order valence-corrected chi connectivity index (χ1v) is 10.6. The number of hydrogen-bond donors (Lipinski definition) is 2. The van der Waals surface area contributed by atoms with Crippen LogP contribution >= 0.6 is 0 Å². The molecule has 30 heavy (non-hydrogen) atoms. The van der Waals surface area contributed by atoms with Crippen LogP contribution in [0.5, 0.6) is 0 Å². The summed E-state index contributed by atoms with van der Waals surface area (Å²) in [5.41, 5.74) is 1.85. The molecule has 0 radical (unpaired) electrons. The van der Waals surface area contributed by atoms with E-state index in [0.717, 1.165) is 29.1 Å². The van der Waals surface area contributed by atoms with Gasteiger partial charge in [-0.3, -0.25) is 9.59 Å². The van der Waals surface area contributed by atoms with Crippen LogP contribution < -0.4 is 15.1 Å². The number of hydrogen-bond acceptors (Lipinski definition) is 5. The summed E-state index contributed by atoms with van der Waals surface area (Å²) in [6.07, 6.45) is 4.38.